The predicted octanol–water partition coefficient (Wildman–Crippen LogP) is 3.86. The number of carbonyl (C=O) groups excluding carboxylic acids is 1. The second-order valence-electron chi connectivity index (χ2n) is 6.58. The minimum absolute atomic E-state index is 0.318. The van der Waals surface area contributed by atoms with Crippen LogP contribution in [0.4, 0.5) is 11.8 Å². The van der Waals surface area contributed by atoms with Crippen LogP contribution in [0.25, 0.3) is 5.52 Å². The van der Waals surface area contributed by atoms with Crippen LogP contribution in [0.15, 0.2) is 47.1 Å². The monoisotopic (exact) mass is 431 g/mol. The maximum Gasteiger partial charge on any atom is 0.331 e. The Morgan fingerprint density at radius 2 is 2.04 bits per heavy atom. The van der Waals surface area contributed by atoms with Crippen molar-refractivity contribution in [2.45, 2.75) is 32.9 Å². The summed E-state index contributed by atoms with van der Waals surface area (Å²) in [5.74, 6) is 0.641. The molecule has 0 fully saturated rings. The molecule has 0 atom stereocenters. The first kappa shape index (κ1) is 19.2. The molecular formula is C19H22BrN5O2. The van der Waals surface area contributed by atoms with Gasteiger partial charge in [0.1, 0.15) is 11.1 Å². The number of aromatic nitrogens is 3. The molecule has 0 aliphatic rings. The average Bonchev–Trinajstić information content (AvgIpc) is 3.00. The highest BCUT2D eigenvalue weighted by atomic mass is 79.9. The fraction of sp³-hybridized carbons (Fsp3) is 0.316. The molecule has 0 unspecified atom stereocenters. The first-order valence-corrected chi connectivity index (χ1v) is 9.47. The fourth-order valence-corrected chi connectivity index (χ4v) is 2.99. The van der Waals surface area contributed by atoms with Crippen molar-refractivity contribution >= 4 is 39.2 Å². The van der Waals surface area contributed by atoms with Gasteiger partial charge in [0.15, 0.2) is 5.82 Å². The van der Waals surface area contributed by atoms with E-state index in [1.807, 2.05) is 42.6 Å². The maximum absolute atomic E-state index is 12.2. The van der Waals surface area contributed by atoms with Gasteiger partial charge in [0.2, 0.25) is 5.95 Å². The summed E-state index contributed by atoms with van der Waals surface area (Å²) in [5.41, 5.74) is 1.02. The van der Waals surface area contributed by atoms with Crippen LogP contribution in [-0.4, -0.2) is 32.7 Å². The van der Waals surface area contributed by atoms with Crippen LogP contribution >= 0.6 is 15.9 Å². The van der Waals surface area contributed by atoms with Crippen LogP contribution in [0.3, 0.4) is 0 Å². The number of anilines is 2. The number of halogens is 1. The number of carbonyl (C=O) groups is 1. The number of nitrogens with zero attached hydrogens (tertiary/aromatic N) is 3. The molecule has 2 N–H and O–H groups in total. The molecule has 142 valence electrons. The molecule has 0 radical (unpaired) electrons. The van der Waals surface area contributed by atoms with E-state index in [9.17, 15) is 4.79 Å². The summed E-state index contributed by atoms with van der Waals surface area (Å²) in [6.45, 7) is 6.19. The highest BCUT2D eigenvalue weighted by molar-refractivity contribution is 9.10. The zero-order valence-electron chi connectivity index (χ0n) is 15.5. The predicted molar refractivity (Wildman–Crippen MR) is 109 cm³/mol. The third-order valence-corrected chi connectivity index (χ3v) is 4.38. The Morgan fingerprint density at radius 3 is 2.74 bits per heavy atom. The largest absolute Gasteiger partial charge is 0.464 e. The van der Waals surface area contributed by atoms with Crippen molar-refractivity contribution in [3.8, 4) is 0 Å². The molecule has 0 bridgehead atoms. The van der Waals surface area contributed by atoms with E-state index >= 15 is 0 Å². The number of esters is 1. The molecule has 0 aliphatic carbocycles. The zero-order valence-corrected chi connectivity index (χ0v) is 17.1. The SMILES string of the molecule is CCOC(=O)C(C)(C)Nc1nc(NCc2ccccc2)c2cc(Br)cn2n1. The molecule has 0 spiro atoms. The highest BCUT2D eigenvalue weighted by Crippen LogP contribution is 2.24. The number of fused-ring (bicyclic) bond motifs is 1. The molecule has 2 heterocycles. The third-order valence-electron chi connectivity index (χ3n) is 3.94. The topological polar surface area (TPSA) is 80.5 Å². The van der Waals surface area contributed by atoms with E-state index in [1.54, 1.807) is 25.3 Å². The maximum atomic E-state index is 12.2. The number of benzene rings is 1. The molecule has 0 saturated carbocycles. The number of hydrogen-bond donors (Lipinski definition) is 2. The lowest BCUT2D eigenvalue weighted by atomic mass is 10.1. The summed E-state index contributed by atoms with van der Waals surface area (Å²) in [6, 6.07) is 12.0. The van der Waals surface area contributed by atoms with Gasteiger partial charge in [0.05, 0.1) is 6.61 Å². The number of nitrogens with one attached hydrogen (secondary N) is 2. The molecule has 3 rings (SSSR count). The van der Waals surface area contributed by atoms with Gasteiger partial charge in [0, 0.05) is 17.2 Å². The lowest BCUT2D eigenvalue weighted by Crippen LogP contribution is -2.42. The Hall–Kier alpha value is -2.61. The van der Waals surface area contributed by atoms with Gasteiger partial charge in [-0.25, -0.2) is 9.31 Å². The molecule has 1 aromatic carbocycles. The number of hydrogen-bond acceptors (Lipinski definition) is 6. The Balaban J connectivity index is 1.89. The van der Waals surface area contributed by atoms with Gasteiger partial charge in [-0.1, -0.05) is 30.3 Å². The Labute approximate surface area is 166 Å². The summed E-state index contributed by atoms with van der Waals surface area (Å²) in [6.07, 6.45) is 1.84. The van der Waals surface area contributed by atoms with Crippen LogP contribution in [-0.2, 0) is 16.1 Å². The fourth-order valence-electron chi connectivity index (χ4n) is 2.57. The second kappa shape index (κ2) is 7.96. The highest BCUT2D eigenvalue weighted by Gasteiger charge is 2.30. The average molecular weight is 432 g/mol. The van der Waals surface area contributed by atoms with Crippen molar-refractivity contribution in [1.82, 2.24) is 14.6 Å². The van der Waals surface area contributed by atoms with Gasteiger partial charge in [-0.2, -0.15) is 4.98 Å². The van der Waals surface area contributed by atoms with E-state index in [2.05, 4.69) is 36.6 Å². The van der Waals surface area contributed by atoms with Crippen LogP contribution in [0.1, 0.15) is 26.3 Å². The van der Waals surface area contributed by atoms with E-state index in [4.69, 9.17) is 4.74 Å². The summed E-state index contributed by atoms with van der Waals surface area (Å²) in [5, 5.41) is 10.9. The molecule has 8 heteroatoms. The minimum Gasteiger partial charge on any atom is -0.464 e. The van der Waals surface area contributed by atoms with E-state index in [1.165, 1.54) is 0 Å². The molecule has 2 aromatic heterocycles. The van der Waals surface area contributed by atoms with Gasteiger partial charge >= 0.3 is 5.97 Å². The molecule has 0 amide bonds. The van der Waals surface area contributed by atoms with Crippen molar-refractivity contribution < 1.29 is 9.53 Å². The van der Waals surface area contributed by atoms with Crippen molar-refractivity contribution in [3.05, 3.63) is 52.6 Å². The van der Waals surface area contributed by atoms with Crippen molar-refractivity contribution in [3.63, 3.8) is 0 Å². The van der Waals surface area contributed by atoms with Gasteiger partial charge in [-0.05, 0) is 48.3 Å². The molecular weight excluding hydrogens is 410 g/mol. The number of ether oxygens (including phenoxy) is 1. The summed E-state index contributed by atoms with van der Waals surface area (Å²) in [7, 11) is 0. The Kier molecular flexibility index (Phi) is 5.65. The summed E-state index contributed by atoms with van der Waals surface area (Å²) >= 11 is 3.47. The lowest BCUT2D eigenvalue weighted by Gasteiger charge is -2.24. The smallest absolute Gasteiger partial charge is 0.331 e. The summed E-state index contributed by atoms with van der Waals surface area (Å²) in [4.78, 5) is 16.7. The van der Waals surface area contributed by atoms with Crippen molar-refractivity contribution in [2.24, 2.45) is 0 Å². The van der Waals surface area contributed by atoms with E-state index < -0.39 is 5.54 Å². The molecule has 7 nitrogen and oxygen atoms in total. The normalized spacial score (nSPS) is 11.4. The van der Waals surface area contributed by atoms with Gasteiger partial charge < -0.3 is 15.4 Å². The van der Waals surface area contributed by atoms with E-state index in [0.717, 1.165) is 15.6 Å². The minimum atomic E-state index is -0.954. The Morgan fingerprint density at radius 1 is 1.30 bits per heavy atom. The van der Waals surface area contributed by atoms with E-state index in [-0.39, 0.29) is 5.97 Å². The molecule has 0 aliphatic heterocycles. The first-order valence-electron chi connectivity index (χ1n) is 8.68. The van der Waals surface area contributed by atoms with Gasteiger partial charge in [0.25, 0.3) is 0 Å². The second-order valence-corrected chi connectivity index (χ2v) is 7.50. The zero-order chi connectivity index (χ0) is 19.4. The molecule has 3 aromatic rings. The van der Waals surface area contributed by atoms with Gasteiger partial charge in [-0.15, -0.1) is 5.10 Å². The van der Waals surface area contributed by atoms with Crippen LogP contribution in [0, 0.1) is 0 Å². The Bertz CT molecular complexity index is 940. The molecule has 27 heavy (non-hydrogen) atoms. The third kappa shape index (κ3) is 4.57. The van der Waals surface area contributed by atoms with Crippen LogP contribution < -0.4 is 10.6 Å². The van der Waals surface area contributed by atoms with Crippen molar-refractivity contribution in [1.29, 1.82) is 0 Å². The van der Waals surface area contributed by atoms with Gasteiger partial charge in [-0.3, -0.25) is 0 Å². The summed E-state index contributed by atoms with van der Waals surface area (Å²) < 4.78 is 7.73. The van der Waals surface area contributed by atoms with Crippen LogP contribution in [0.2, 0.25) is 0 Å². The quantitative estimate of drug-likeness (QED) is 0.552. The molecule has 0 saturated heterocycles. The first-order chi connectivity index (χ1) is 12.9. The van der Waals surface area contributed by atoms with Crippen molar-refractivity contribution in [2.75, 3.05) is 17.2 Å². The lowest BCUT2D eigenvalue weighted by molar-refractivity contribution is -0.147. The standard InChI is InChI=1S/C19H22BrN5O2/c1-4-27-17(26)19(2,3)23-18-22-16(15-10-14(20)12-25(15)24-18)21-11-13-8-6-5-7-9-13/h5-10,12H,4,11H2,1-3H3,(H2,21,22,23,24). The van der Waals surface area contributed by atoms with E-state index in [0.29, 0.717) is 24.9 Å². The van der Waals surface area contributed by atoms with Crippen LogP contribution in [0.5, 0.6) is 0 Å². The number of rotatable bonds is 7.